The molecular formula is C8H10ClN3. The van der Waals surface area contributed by atoms with Crippen molar-refractivity contribution in [2.75, 3.05) is 5.73 Å². The number of nitrogen functional groups attached to an aromatic ring is 1. The number of nitrogens with two attached hydrogens (primary N) is 1. The Labute approximate surface area is 76.0 Å². The van der Waals surface area contributed by atoms with Crippen LogP contribution < -0.4 is 5.73 Å². The Balaban J connectivity index is 3.12. The van der Waals surface area contributed by atoms with Gasteiger partial charge in [-0.15, -0.1) is 0 Å². The Kier molecular flexibility index (Phi) is 2.65. The van der Waals surface area contributed by atoms with E-state index in [2.05, 4.69) is 5.11 Å². The zero-order chi connectivity index (χ0) is 9.14. The fourth-order valence-corrected chi connectivity index (χ4v) is 1.16. The highest BCUT2D eigenvalue weighted by atomic mass is 35.5. The van der Waals surface area contributed by atoms with Gasteiger partial charge in [0.15, 0.2) is 0 Å². The van der Waals surface area contributed by atoms with Crippen LogP contribution in [0.15, 0.2) is 23.3 Å². The lowest BCUT2D eigenvalue weighted by atomic mass is 10.1. The van der Waals surface area contributed by atoms with Crippen LogP contribution in [0.5, 0.6) is 0 Å². The summed E-state index contributed by atoms with van der Waals surface area (Å²) in [5, 5.41) is 3.99. The highest BCUT2D eigenvalue weighted by Crippen LogP contribution is 2.25. The normalized spacial score (nSPS) is 12.5. The maximum Gasteiger partial charge on any atom is 0.0947 e. The molecule has 0 amide bonds. The molecule has 3 nitrogen and oxygen atoms in total. The van der Waals surface area contributed by atoms with Crippen LogP contribution in [0.25, 0.3) is 0 Å². The highest BCUT2D eigenvalue weighted by molar-refractivity contribution is 6.30. The molecule has 1 unspecified atom stereocenters. The molecule has 4 heteroatoms. The summed E-state index contributed by atoms with van der Waals surface area (Å²) in [7, 11) is 0. The predicted molar refractivity (Wildman–Crippen MR) is 49.4 cm³/mol. The summed E-state index contributed by atoms with van der Waals surface area (Å²) >= 11 is 5.76. The van der Waals surface area contributed by atoms with Gasteiger partial charge in [-0.3, -0.25) is 0 Å². The van der Waals surface area contributed by atoms with Crippen molar-refractivity contribution in [1.82, 2.24) is 0 Å². The van der Waals surface area contributed by atoms with Crippen molar-refractivity contribution in [2.45, 2.75) is 13.0 Å². The first-order valence-electron chi connectivity index (χ1n) is 3.56. The molecule has 1 rings (SSSR count). The van der Waals surface area contributed by atoms with Gasteiger partial charge in [-0.2, -0.15) is 5.11 Å². The second kappa shape index (κ2) is 3.54. The average Bonchev–Trinajstić information content (AvgIpc) is 2.08. The van der Waals surface area contributed by atoms with Crippen molar-refractivity contribution in [3.63, 3.8) is 0 Å². The number of nitrogens with zero attached hydrogens (tertiary/aromatic N) is 1. The summed E-state index contributed by atoms with van der Waals surface area (Å²) in [6, 6.07) is 4.96. The van der Waals surface area contributed by atoms with E-state index in [9.17, 15) is 0 Å². The Morgan fingerprint density at radius 2 is 2.25 bits per heavy atom. The number of anilines is 1. The molecule has 0 aromatic heterocycles. The van der Waals surface area contributed by atoms with Gasteiger partial charge in [0.1, 0.15) is 0 Å². The molecule has 0 aliphatic heterocycles. The largest absolute Gasteiger partial charge is 0.398 e. The second-order valence-corrected chi connectivity index (χ2v) is 3.01. The standard InChI is InChI=1S/C8H10ClN3/c1-5(12-11)7-4-6(9)2-3-8(7)10/h2-5,11H,10H2,1H3. The first kappa shape index (κ1) is 9.00. The molecule has 0 fully saturated rings. The third-order valence-electron chi connectivity index (χ3n) is 1.69. The van der Waals surface area contributed by atoms with E-state index in [0.717, 1.165) is 5.56 Å². The number of rotatable bonds is 2. The Hall–Kier alpha value is -1.09. The summed E-state index contributed by atoms with van der Waals surface area (Å²) in [6.45, 7) is 1.80. The molecule has 0 heterocycles. The minimum Gasteiger partial charge on any atom is -0.398 e. The van der Waals surface area contributed by atoms with Gasteiger partial charge in [-0.25, -0.2) is 5.53 Å². The quantitative estimate of drug-likeness (QED) is 0.537. The summed E-state index contributed by atoms with van der Waals surface area (Å²) in [5.74, 6) is 0. The number of halogens is 1. The van der Waals surface area contributed by atoms with Crippen molar-refractivity contribution in [3.05, 3.63) is 28.8 Å². The number of benzene rings is 1. The summed E-state index contributed by atoms with van der Waals surface area (Å²) in [4.78, 5) is 0. The number of hydrogen-bond acceptors (Lipinski definition) is 3. The predicted octanol–water partition coefficient (Wildman–Crippen LogP) is 3.01. The minimum absolute atomic E-state index is 0.219. The van der Waals surface area contributed by atoms with Gasteiger partial charge in [-0.05, 0) is 25.1 Å². The van der Waals surface area contributed by atoms with E-state index in [1.54, 1.807) is 25.1 Å². The maximum absolute atomic E-state index is 6.84. The van der Waals surface area contributed by atoms with E-state index in [-0.39, 0.29) is 6.04 Å². The van der Waals surface area contributed by atoms with Crippen molar-refractivity contribution >= 4 is 17.3 Å². The van der Waals surface area contributed by atoms with Crippen LogP contribution in [0, 0.1) is 5.53 Å². The van der Waals surface area contributed by atoms with Crippen molar-refractivity contribution in [3.8, 4) is 0 Å². The monoisotopic (exact) mass is 183 g/mol. The summed E-state index contributed by atoms with van der Waals surface area (Å²) in [6.07, 6.45) is 0. The zero-order valence-electron chi connectivity index (χ0n) is 6.71. The number of hydrogen-bond donors (Lipinski definition) is 2. The minimum atomic E-state index is -0.219. The lowest BCUT2D eigenvalue weighted by molar-refractivity contribution is 0.736. The second-order valence-electron chi connectivity index (χ2n) is 2.58. The summed E-state index contributed by atoms with van der Waals surface area (Å²) < 4.78 is 0. The lowest BCUT2D eigenvalue weighted by Gasteiger charge is -2.08. The van der Waals surface area contributed by atoms with Crippen LogP contribution in [0.3, 0.4) is 0 Å². The summed E-state index contributed by atoms with van der Waals surface area (Å²) in [5.41, 5.74) is 13.9. The van der Waals surface area contributed by atoms with Crippen molar-refractivity contribution in [1.29, 1.82) is 5.53 Å². The molecule has 3 N–H and O–H groups in total. The molecule has 1 atom stereocenters. The van der Waals surface area contributed by atoms with E-state index < -0.39 is 0 Å². The molecule has 1 aromatic rings. The van der Waals surface area contributed by atoms with Gasteiger partial charge in [0.25, 0.3) is 0 Å². The molecule has 0 spiro atoms. The third-order valence-corrected chi connectivity index (χ3v) is 1.93. The third kappa shape index (κ3) is 1.74. The average molecular weight is 184 g/mol. The molecule has 0 bridgehead atoms. The topological polar surface area (TPSA) is 62.2 Å². The van der Waals surface area contributed by atoms with Gasteiger partial charge in [0.2, 0.25) is 0 Å². The molecular weight excluding hydrogens is 174 g/mol. The van der Waals surface area contributed by atoms with Crippen LogP contribution >= 0.6 is 11.6 Å². The molecule has 0 aliphatic rings. The molecule has 1 aromatic carbocycles. The van der Waals surface area contributed by atoms with Crippen molar-refractivity contribution < 1.29 is 0 Å². The van der Waals surface area contributed by atoms with Crippen LogP contribution in [-0.4, -0.2) is 0 Å². The van der Waals surface area contributed by atoms with Gasteiger partial charge >= 0.3 is 0 Å². The van der Waals surface area contributed by atoms with Crippen LogP contribution in [-0.2, 0) is 0 Å². The van der Waals surface area contributed by atoms with Gasteiger partial charge < -0.3 is 5.73 Å². The molecule has 0 saturated carbocycles. The fourth-order valence-electron chi connectivity index (χ4n) is 0.977. The van der Waals surface area contributed by atoms with E-state index in [0.29, 0.717) is 10.7 Å². The molecule has 64 valence electrons. The van der Waals surface area contributed by atoms with E-state index in [1.165, 1.54) is 0 Å². The van der Waals surface area contributed by atoms with E-state index in [1.807, 2.05) is 0 Å². The van der Waals surface area contributed by atoms with E-state index in [4.69, 9.17) is 22.9 Å². The SMILES string of the molecule is CC(N=N)c1cc(Cl)ccc1N. The zero-order valence-corrected chi connectivity index (χ0v) is 7.47. The maximum atomic E-state index is 6.84. The van der Waals surface area contributed by atoms with Gasteiger partial charge in [-0.1, -0.05) is 11.6 Å². The molecule has 0 radical (unpaired) electrons. The molecule has 0 aliphatic carbocycles. The van der Waals surface area contributed by atoms with E-state index >= 15 is 0 Å². The first-order valence-corrected chi connectivity index (χ1v) is 3.94. The highest BCUT2D eigenvalue weighted by Gasteiger charge is 2.07. The van der Waals surface area contributed by atoms with Gasteiger partial charge in [0, 0.05) is 16.3 Å². The smallest absolute Gasteiger partial charge is 0.0947 e. The molecule has 12 heavy (non-hydrogen) atoms. The fraction of sp³-hybridized carbons (Fsp3) is 0.250. The van der Waals surface area contributed by atoms with Crippen LogP contribution in [0.2, 0.25) is 5.02 Å². The molecule has 0 saturated heterocycles. The Bertz CT molecular complexity index is 298. The lowest BCUT2D eigenvalue weighted by Crippen LogP contribution is -1.96. The Morgan fingerprint density at radius 1 is 1.58 bits per heavy atom. The van der Waals surface area contributed by atoms with Crippen molar-refractivity contribution in [2.24, 2.45) is 5.11 Å². The van der Waals surface area contributed by atoms with Crippen LogP contribution in [0.1, 0.15) is 18.5 Å². The van der Waals surface area contributed by atoms with Gasteiger partial charge in [0.05, 0.1) is 6.04 Å². The first-order chi connectivity index (χ1) is 5.65. The number of nitrogens with one attached hydrogen (secondary N) is 1. The Morgan fingerprint density at radius 3 is 2.83 bits per heavy atom. The van der Waals surface area contributed by atoms with Crippen LogP contribution in [0.4, 0.5) is 5.69 Å².